The monoisotopic (exact) mass is 481 g/mol. The number of carbonyl (C=O) groups excluding carboxylic acids is 2. The SMILES string of the molecule is O=C(CN1CCN(C(=O)c2cc(-c3ccco3)n(-c3ccc(Cl)cc3)n2)CC1)N1CCCCC1. The summed E-state index contributed by atoms with van der Waals surface area (Å²) in [5.74, 6) is 0.703. The lowest BCUT2D eigenvalue weighted by Crippen LogP contribution is -2.52. The van der Waals surface area contributed by atoms with Crippen LogP contribution in [0.25, 0.3) is 17.1 Å². The van der Waals surface area contributed by atoms with Crippen molar-refractivity contribution in [3.8, 4) is 17.1 Å². The molecule has 1 aromatic carbocycles. The maximum Gasteiger partial charge on any atom is 0.274 e. The number of hydrogen-bond acceptors (Lipinski definition) is 5. The van der Waals surface area contributed by atoms with Gasteiger partial charge in [-0.15, -0.1) is 0 Å². The van der Waals surface area contributed by atoms with Crippen LogP contribution in [0, 0.1) is 0 Å². The maximum atomic E-state index is 13.3. The van der Waals surface area contributed by atoms with E-state index in [1.165, 1.54) is 6.42 Å². The number of furan rings is 1. The van der Waals surface area contributed by atoms with Crippen molar-refractivity contribution in [2.75, 3.05) is 45.8 Å². The molecular formula is C25H28ClN5O3. The molecule has 178 valence electrons. The minimum atomic E-state index is -0.123. The fourth-order valence-corrected chi connectivity index (χ4v) is 4.70. The van der Waals surface area contributed by atoms with Gasteiger partial charge >= 0.3 is 0 Å². The van der Waals surface area contributed by atoms with Crippen molar-refractivity contribution in [3.05, 3.63) is 59.4 Å². The summed E-state index contributed by atoms with van der Waals surface area (Å²) in [6.45, 7) is 4.64. The largest absolute Gasteiger partial charge is 0.463 e. The number of piperazine rings is 1. The summed E-state index contributed by atoms with van der Waals surface area (Å²) >= 11 is 6.05. The van der Waals surface area contributed by atoms with Gasteiger partial charge in [-0.05, 0) is 55.7 Å². The molecule has 2 aliphatic rings. The van der Waals surface area contributed by atoms with E-state index >= 15 is 0 Å². The van der Waals surface area contributed by atoms with Gasteiger partial charge in [0.15, 0.2) is 11.5 Å². The van der Waals surface area contributed by atoms with Crippen LogP contribution >= 0.6 is 11.6 Å². The van der Waals surface area contributed by atoms with Crippen molar-refractivity contribution in [1.82, 2.24) is 24.5 Å². The van der Waals surface area contributed by atoms with E-state index in [1.807, 2.05) is 28.0 Å². The smallest absolute Gasteiger partial charge is 0.274 e. The van der Waals surface area contributed by atoms with Crippen LogP contribution in [0.15, 0.2) is 53.1 Å². The zero-order valence-electron chi connectivity index (χ0n) is 19.0. The molecule has 34 heavy (non-hydrogen) atoms. The number of likely N-dealkylation sites (tertiary alicyclic amines) is 1. The van der Waals surface area contributed by atoms with Gasteiger partial charge in [0.05, 0.1) is 18.5 Å². The average Bonchev–Trinajstić information content (AvgIpc) is 3.55. The minimum absolute atomic E-state index is 0.123. The van der Waals surface area contributed by atoms with Crippen LogP contribution in [0.2, 0.25) is 5.02 Å². The summed E-state index contributed by atoms with van der Waals surface area (Å²) in [4.78, 5) is 31.8. The zero-order valence-corrected chi connectivity index (χ0v) is 19.8. The first-order valence-electron chi connectivity index (χ1n) is 11.8. The summed E-state index contributed by atoms with van der Waals surface area (Å²) in [6.07, 6.45) is 4.99. The first kappa shape index (κ1) is 22.7. The zero-order chi connectivity index (χ0) is 23.5. The molecule has 0 radical (unpaired) electrons. The predicted molar refractivity (Wildman–Crippen MR) is 129 cm³/mol. The summed E-state index contributed by atoms with van der Waals surface area (Å²) in [5.41, 5.74) is 1.84. The number of piperidine rings is 1. The molecule has 0 spiro atoms. The normalized spacial score (nSPS) is 17.2. The summed E-state index contributed by atoms with van der Waals surface area (Å²) in [5, 5.41) is 5.25. The molecule has 0 N–H and O–H groups in total. The van der Waals surface area contributed by atoms with Crippen LogP contribution in [0.3, 0.4) is 0 Å². The highest BCUT2D eigenvalue weighted by Crippen LogP contribution is 2.26. The van der Waals surface area contributed by atoms with Gasteiger partial charge in [-0.25, -0.2) is 4.68 Å². The third-order valence-corrected chi connectivity index (χ3v) is 6.75. The van der Waals surface area contributed by atoms with Gasteiger partial charge in [-0.1, -0.05) is 11.6 Å². The minimum Gasteiger partial charge on any atom is -0.463 e. The molecule has 0 bridgehead atoms. The van der Waals surface area contributed by atoms with Gasteiger partial charge < -0.3 is 14.2 Å². The van der Waals surface area contributed by atoms with E-state index in [9.17, 15) is 9.59 Å². The Morgan fingerprint density at radius 2 is 1.65 bits per heavy atom. The highest BCUT2D eigenvalue weighted by molar-refractivity contribution is 6.30. The first-order chi connectivity index (χ1) is 16.6. The summed E-state index contributed by atoms with van der Waals surface area (Å²) < 4.78 is 7.29. The fraction of sp³-hybridized carbons (Fsp3) is 0.400. The lowest BCUT2D eigenvalue weighted by molar-refractivity contribution is -0.133. The van der Waals surface area contributed by atoms with Crippen molar-refractivity contribution < 1.29 is 14.0 Å². The molecule has 8 nitrogen and oxygen atoms in total. The van der Waals surface area contributed by atoms with Gasteiger partial charge in [0.1, 0.15) is 5.69 Å². The van der Waals surface area contributed by atoms with Crippen LogP contribution in [0.5, 0.6) is 0 Å². The molecule has 2 saturated heterocycles. The molecule has 0 aliphatic carbocycles. The molecule has 3 aromatic rings. The van der Waals surface area contributed by atoms with Gasteiger partial charge in [0, 0.05) is 50.4 Å². The lowest BCUT2D eigenvalue weighted by Gasteiger charge is -2.35. The molecule has 2 aliphatic heterocycles. The van der Waals surface area contributed by atoms with E-state index in [4.69, 9.17) is 16.0 Å². The van der Waals surface area contributed by atoms with Gasteiger partial charge in [0.2, 0.25) is 5.91 Å². The number of carbonyl (C=O) groups is 2. The molecule has 4 heterocycles. The molecule has 0 atom stereocenters. The van der Waals surface area contributed by atoms with Crippen molar-refractivity contribution in [2.24, 2.45) is 0 Å². The Balaban J connectivity index is 1.27. The number of nitrogens with zero attached hydrogens (tertiary/aromatic N) is 5. The maximum absolute atomic E-state index is 13.3. The highest BCUT2D eigenvalue weighted by atomic mass is 35.5. The van der Waals surface area contributed by atoms with E-state index in [0.29, 0.717) is 54.9 Å². The lowest BCUT2D eigenvalue weighted by atomic mass is 10.1. The first-order valence-corrected chi connectivity index (χ1v) is 12.2. The van der Waals surface area contributed by atoms with Crippen LogP contribution in [0.4, 0.5) is 0 Å². The number of benzene rings is 1. The standard InChI is InChI=1S/C25H28ClN5O3/c26-19-6-8-20(9-7-19)31-22(23-5-4-16-34-23)17-21(27-31)25(33)30-14-12-28(13-15-30)18-24(32)29-10-2-1-3-11-29/h4-9,16-17H,1-3,10-15,18H2. The molecule has 0 unspecified atom stereocenters. The molecule has 0 saturated carbocycles. The average molecular weight is 482 g/mol. The predicted octanol–water partition coefficient (Wildman–Crippen LogP) is 3.56. The van der Waals surface area contributed by atoms with E-state index in [-0.39, 0.29) is 11.8 Å². The van der Waals surface area contributed by atoms with Crippen LogP contribution in [-0.2, 0) is 4.79 Å². The Morgan fingerprint density at radius 1 is 0.912 bits per heavy atom. The van der Waals surface area contributed by atoms with E-state index in [1.54, 1.807) is 35.2 Å². The fourth-order valence-electron chi connectivity index (χ4n) is 4.57. The molecule has 2 fully saturated rings. The van der Waals surface area contributed by atoms with Crippen molar-refractivity contribution in [3.63, 3.8) is 0 Å². The van der Waals surface area contributed by atoms with Crippen molar-refractivity contribution >= 4 is 23.4 Å². The van der Waals surface area contributed by atoms with Gasteiger partial charge in [0.25, 0.3) is 5.91 Å². The van der Waals surface area contributed by atoms with Crippen LogP contribution in [0.1, 0.15) is 29.8 Å². The van der Waals surface area contributed by atoms with Gasteiger partial charge in [-0.3, -0.25) is 14.5 Å². The topological polar surface area (TPSA) is 74.8 Å². The molecule has 9 heteroatoms. The third kappa shape index (κ3) is 4.88. The second-order valence-electron chi connectivity index (χ2n) is 8.79. The Labute approximate surface area is 203 Å². The third-order valence-electron chi connectivity index (χ3n) is 6.50. The van der Waals surface area contributed by atoms with Gasteiger partial charge in [-0.2, -0.15) is 5.10 Å². The second kappa shape index (κ2) is 10.0. The Morgan fingerprint density at radius 3 is 2.32 bits per heavy atom. The van der Waals surface area contributed by atoms with Crippen molar-refractivity contribution in [1.29, 1.82) is 0 Å². The Hall–Kier alpha value is -3.10. The number of rotatable bonds is 5. The van der Waals surface area contributed by atoms with E-state index < -0.39 is 0 Å². The Bertz CT molecular complexity index is 1130. The number of hydrogen-bond donors (Lipinski definition) is 0. The Kier molecular flexibility index (Phi) is 6.69. The number of amides is 2. The molecule has 5 rings (SSSR count). The van der Waals surface area contributed by atoms with E-state index in [2.05, 4.69) is 10.00 Å². The second-order valence-corrected chi connectivity index (χ2v) is 9.23. The summed E-state index contributed by atoms with van der Waals surface area (Å²) in [7, 11) is 0. The highest BCUT2D eigenvalue weighted by Gasteiger charge is 2.27. The number of aromatic nitrogens is 2. The molecule has 2 amide bonds. The van der Waals surface area contributed by atoms with Crippen LogP contribution in [-0.4, -0.2) is 82.1 Å². The molecular weight excluding hydrogens is 454 g/mol. The summed E-state index contributed by atoms with van der Waals surface area (Å²) in [6, 6.07) is 12.7. The van der Waals surface area contributed by atoms with Crippen molar-refractivity contribution in [2.45, 2.75) is 19.3 Å². The molecule has 2 aromatic heterocycles. The number of halogens is 1. The quantitative estimate of drug-likeness (QED) is 0.557. The van der Waals surface area contributed by atoms with E-state index in [0.717, 1.165) is 31.6 Å². The van der Waals surface area contributed by atoms with Crippen LogP contribution < -0.4 is 0 Å².